The molecule has 0 spiro atoms. The van der Waals surface area contributed by atoms with Crippen molar-refractivity contribution in [1.29, 1.82) is 0 Å². The second kappa shape index (κ2) is 4.77. The molecule has 2 atom stereocenters. The lowest BCUT2D eigenvalue weighted by atomic mass is 9.83. The number of aliphatic hydroxyl groups excluding tert-OH is 1. The summed E-state index contributed by atoms with van der Waals surface area (Å²) in [4.78, 5) is 0. The summed E-state index contributed by atoms with van der Waals surface area (Å²) in [7, 11) is 1.65. The fourth-order valence-corrected chi connectivity index (χ4v) is 2.27. The molecular weight excluding hydrogens is 192 g/mol. The van der Waals surface area contributed by atoms with Gasteiger partial charge in [-0.25, -0.2) is 4.68 Å². The highest BCUT2D eigenvalue weighted by molar-refractivity contribution is 5.14. The molecule has 0 unspecified atom stereocenters. The van der Waals surface area contributed by atoms with E-state index in [-0.39, 0.29) is 12.0 Å². The van der Waals surface area contributed by atoms with Gasteiger partial charge < -0.3 is 9.84 Å². The van der Waals surface area contributed by atoms with Gasteiger partial charge in [0.15, 0.2) is 0 Å². The van der Waals surface area contributed by atoms with Crippen molar-refractivity contribution in [1.82, 2.24) is 9.78 Å². The molecule has 1 N–H and O–H groups in total. The normalized spacial score (nSPS) is 26.8. The maximum absolute atomic E-state index is 9.89. The fourth-order valence-electron chi connectivity index (χ4n) is 2.27. The molecule has 1 aromatic heterocycles. The van der Waals surface area contributed by atoms with Crippen LogP contribution in [0.2, 0.25) is 0 Å². The molecule has 1 aliphatic carbocycles. The van der Waals surface area contributed by atoms with Crippen molar-refractivity contribution >= 4 is 0 Å². The Kier molecular flexibility index (Phi) is 3.38. The van der Waals surface area contributed by atoms with Crippen LogP contribution < -0.4 is 0 Å². The summed E-state index contributed by atoms with van der Waals surface area (Å²) in [5.41, 5.74) is 1.14. The van der Waals surface area contributed by atoms with Crippen molar-refractivity contribution in [2.24, 2.45) is 0 Å². The second-order valence-corrected chi connectivity index (χ2v) is 4.19. The molecule has 84 valence electrons. The van der Waals surface area contributed by atoms with Gasteiger partial charge in [-0.05, 0) is 18.4 Å². The maximum atomic E-state index is 9.89. The van der Waals surface area contributed by atoms with E-state index >= 15 is 0 Å². The first-order chi connectivity index (χ1) is 7.31. The van der Waals surface area contributed by atoms with Crippen LogP contribution in [-0.4, -0.2) is 28.1 Å². The highest BCUT2D eigenvalue weighted by Gasteiger charge is 2.25. The maximum Gasteiger partial charge on any atom is 0.138 e. The third-order valence-electron chi connectivity index (χ3n) is 3.07. The molecule has 1 heterocycles. The first-order valence-corrected chi connectivity index (χ1v) is 5.50. The Morgan fingerprint density at radius 3 is 3.07 bits per heavy atom. The number of aromatic nitrogens is 2. The average molecular weight is 210 g/mol. The molecule has 1 saturated carbocycles. The molecule has 15 heavy (non-hydrogen) atoms. The number of nitrogens with zero attached hydrogens (tertiary/aromatic N) is 2. The molecule has 1 aromatic rings. The van der Waals surface area contributed by atoms with Crippen LogP contribution in [0.5, 0.6) is 0 Å². The zero-order valence-corrected chi connectivity index (χ0v) is 9.09. The molecule has 1 aliphatic rings. The van der Waals surface area contributed by atoms with Crippen LogP contribution in [-0.2, 0) is 11.5 Å². The van der Waals surface area contributed by atoms with E-state index in [1.807, 2.05) is 12.4 Å². The number of aliphatic hydroxyl groups is 1. The Morgan fingerprint density at radius 2 is 2.33 bits per heavy atom. The Labute approximate surface area is 89.9 Å². The minimum Gasteiger partial charge on any atom is -0.392 e. The molecule has 0 amide bonds. The summed E-state index contributed by atoms with van der Waals surface area (Å²) >= 11 is 0. The lowest BCUT2D eigenvalue weighted by molar-refractivity contribution is 0.105. The van der Waals surface area contributed by atoms with Gasteiger partial charge >= 0.3 is 0 Å². The van der Waals surface area contributed by atoms with Gasteiger partial charge in [0, 0.05) is 19.2 Å². The summed E-state index contributed by atoms with van der Waals surface area (Å²) in [6.07, 6.45) is 7.96. The van der Waals surface area contributed by atoms with Crippen molar-refractivity contribution in [3.63, 3.8) is 0 Å². The van der Waals surface area contributed by atoms with E-state index in [1.165, 1.54) is 6.42 Å². The second-order valence-electron chi connectivity index (χ2n) is 4.19. The topological polar surface area (TPSA) is 47.3 Å². The summed E-state index contributed by atoms with van der Waals surface area (Å²) in [6.45, 7) is 0.475. The molecule has 0 radical (unpaired) electrons. The number of rotatable bonds is 3. The van der Waals surface area contributed by atoms with Gasteiger partial charge in [0.05, 0.1) is 12.3 Å². The highest BCUT2D eigenvalue weighted by Crippen LogP contribution is 2.32. The van der Waals surface area contributed by atoms with E-state index in [0.29, 0.717) is 6.73 Å². The molecule has 1 fully saturated rings. The third kappa shape index (κ3) is 2.38. The molecular formula is C11H18N2O2. The van der Waals surface area contributed by atoms with E-state index in [4.69, 9.17) is 4.74 Å². The van der Waals surface area contributed by atoms with Crippen LogP contribution in [0, 0.1) is 0 Å². The van der Waals surface area contributed by atoms with E-state index in [0.717, 1.165) is 24.8 Å². The van der Waals surface area contributed by atoms with Gasteiger partial charge in [-0.1, -0.05) is 12.8 Å². The van der Waals surface area contributed by atoms with Crippen LogP contribution in [0.1, 0.15) is 37.2 Å². The smallest absolute Gasteiger partial charge is 0.138 e. The number of hydrogen-bond donors (Lipinski definition) is 1. The van der Waals surface area contributed by atoms with E-state index in [1.54, 1.807) is 11.8 Å². The van der Waals surface area contributed by atoms with Crippen LogP contribution in [0.25, 0.3) is 0 Å². The van der Waals surface area contributed by atoms with Gasteiger partial charge in [-0.15, -0.1) is 0 Å². The van der Waals surface area contributed by atoms with Crippen molar-refractivity contribution in [3.8, 4) is 0 Å². The van der Waals surface area contributed by atoms with Crippen LogP contribution in [0.3, 0.4) is 0 Å². The predicted molar refractivity (Wildman–Crippen MR) is 56.5 cm³/mol. The van der Waals surface area contributed by atoms with Crippen LogP contribution in [0.4, 0.5) is 0 Å². The third-order valence-corrected chi connectivity index (χ3v) is 3.07. The molecule has 2 rings (SSSR count). The Hall–Kier alpha value is -0.870. The molecule has 4 nitrogen and oxygen atoms in total. The Morgan fingerprint density at radius 1 is 1.53 bits per heavy atom. The summed E-state index contributed by atoms with van der Waals surface area (Å²) in [5.74, 6) is 0.268. The van der Waals surface area contributed by atoms with Gasteiger partial charge in [0.2, 0.25) is 0 Å². The molecule has 4 heteroatoms. The molecule has 0 aliphatic heterocycles. The quantitative estimate of drug-likeness (QED) is 0.822. The zero-order chi connectivity index (χ0) is 10.7. The highest BCUT2D eigenvalue weighted by atomic mass is 16.5. The number of ether oxygens (including phenoxy) is 1. The summed E-state index contributed by atoms with van der Waals surface area (Å²) in [6, 6.07) is 0. The standard InChI is InChI=1S/C11H18N2O2/c1-15-8-13-7-9(6-12-13)10-4-2-3-5-11(10)14/h6-7,10-11,14H,2-5,8H2,1H3/t10-,11+/m0/s1. The van der Waals surface area contributed by atoms with E-state index < -0.39 is 0 Å². The van der Waals surface area contributed by atoms with Crippen molar-refractivity contribution in [2.75, 3.05) is 7.11 Å². The summed E-state index contributed by atoms with van der Waals surface area (Å²) in [5, 5.41) is 14.1. The van der Waals surface area contributed by atoms with Crippen molar-refractivity contribution < 1.29 is 9.84 Å². The minimum atomic E-state index is -0.195. The molecule has 0 bridgehead atoms. The Balaban J connectivity index is 2.06. The first-order valence-electron chi connectivity index (χ1n) is 5.50. The van der Waals surface area contributed by atoms with Gasteiger partial charge in [-0.2, -0.15) is 5.10 Å². The van der Waals surface area contributed by atoms with E-state index in [2.05, 4.69) is 5.10 Å². The largest absolute Gasteiger partial charge is 0.392 e. The van der Waals surface area contributed by atoms with Crippen LogP contribution in [0.15, 0.2) is 12.4 Å². The van der Waals surface area contributed by atoms with Gasteiger partial charge in [0.1, 0.15) is 6.73 Å². The lowest BCUT2D eigenvalue weighted by Gasteiger charge is -2.26. The predicted octanol–water partition coefficient (Wildman–Crippen LogP) is 1.51. The molecule has 0 saturated heterocycles. The number of hydrogen-bond acceptors (Lipinski definition) is 3. The SMILES string of the molecule is COCn1cc([C@@H]2CCCC[C@H]2O)cn1. The van der Waals surface area contributed by atoms with E-state index in [9.17, 15) is 5.11 Å². The molecule has 0 aromatic carbocycles. The van der Waals surface area contributed by atoms with Gasteiger partial charge in [-0.3, -0.25) is 0 Å². The summed E-state index contributed by atoms with van der Waals surface area (Å²) < 4.78 is 6.75. The minimum absolute atomic E-state index is 0.195. The number of methoxy groups -OCH3 is 1. The Bertz CT molecular complexity index is 311. The van der Waals surface area contributed by atoms with Crippen LogP contribution >= 0.6 is 0 Å². The lowest BCUT2D eigenvalue weighted by Crippen LogP contribution is -2.22. The fraction of sp³-hybridized carbons (Fsp3) is 0.727. The first kappa shape index (κ1) is 10.6. The average Bonchev–Trinajstić information content (AvgIpc) is 2.68. The van der Waals surface area contributed by atoms with Crippen molar-refractivity contribution in [3.05, 3.63) is 18.0 Å². The monoisotopic (exact) mass is 210 g/mol. The zero-order valence-electron chi connectivity index (χ0n) is 9.09. The van der Waals surface area contributed by atoms with Gasteiger partial charge in [0.25, 0.3) is 0 Å². The van der Waals surface area contributed by atoms with Crippen molar-refractivity contribution in [2.45, 2.75) is 44.4 Å².